The molecule has 0 aliphatic rings. The third-order valence-electron chi connectivity index (χ3n) is 2.70. The van der Waals surface area contributed by atoms with E-state index in [1.54, 1.807) is 30.6 Å². The van der Waals surface area contributed by atoms with Crippen molar-refractivity contribution in [1.29, 1.82) is 0 Å². The number of hydrogen-bond acceptors (Lipinski definition) is 6. The van der Waals surface area contributed by atoms with E-state index < -0.39 is 4.92 Å². The van der Waals surface area contributed by atoms with Crippen molar-refractivity contribution in [3.63, 3.8) is 0 Å². The topological polar surface area (TPSA) is 99.9 Å². The zero-order valence-corrected chi connectivity index (χ0v) is 10.9. The number of para-hydroxylation sites is 2. The zero-order valence-electron chi connectivity index (χ0n) is 10.1. The molecule has 0 amide bonds. The molecule has 3 rings (SSSR count). The molecule has 3 aromatic rings. The van der Waals surface area contributed by atoms with Crippen LogP contribution in [0.3, 0.4) is 0 Å². The fraction of sp³-hybridized carbons (Fsp3) is 0. The Hall–Kier alpha value is -2.74. The summed E-state index contributed by atoms with van der Waals surface area (Å²) in [5.74, 6) is 0. The van der Waals surface area contributed by atoms with E-state index in [1.807, 2.05) is 5.38 Å². The number of nitrogens with zero attached hydrogens (tertiary/aromatic N) is 4. The number of benzene rings is 1. The summed E-state index contributed by atoms with van der Waals surface area (Å²) in [5, 5.41) is 17.8. The van der Waals surface area contributed by atoms with Crippen molar-refractivity contribution in [2.45, 2.75) is 0 Å². The summed E-state index contributed by atoms with van der Waals surface area (Å²) in [6.45, 7) is 0. The van der Waals surface area contributed by atoms with E-state index in [0.29, 0.717) is 22.1 Å². The third kappa shape index (κ3) is 2.01. The van der Waals surface area contributed by atoms with E-state index in [1.165, 1.54) is 22.1 Å². The maximum absolute atomic E-state index is 11.0. The molecule has 20 heavy (non-hydrogen) atoms. The standard InChI is InChI=1S/C12H9N5O2S/c13-8-7-16(15-11(8)12-14-5-6-20-12)9-3-1-2-4-10(9)17(18)19/h1-7H,13H2. The van der Waals surface area contributed by atoms with Crippen LogP contribution in [0.1, 0.15) is 0 Å². The maximum atomic E-state index is 11.0. The molecule has 0 saturated carbocycles. The van der Waals surface area contributed by atoms with E-state index >= 15 is 0 Å². The monoisotopic (exact) mass is 287 g/mol. The second-order valence-electron chi connectivity index (χ2n) is 3.96. The van der Waals surface area contributed by atoms with Crippen LogP contribution >= 0.6 is 11.3 Å². The minimum absolute atomic E-state index is 0.0271. The van der Waals surface area contributed by atoms with Gasteiger partial charge in [0.1, 0.15) is 16.4 Å². The lowest BCUT2D eigenvalue weighted by Gasteiger charge is -2.01. The van der Waals surface area contributed by atoms with Crippen LogP contribution in [-0.2, 0) is 0 Å². The fourth-order valence-electron chi connectivity index (χ4n) is 1.83. The Morgan fingerprint density at radius 1 is 1.35 bits per heavy atom. The lowest BCUT2D eigenvalue weighted by atomic mass is 10.3. The van der Waals surface area contributed by atoms with Gasteiger partial charge < -0.3 is 5.73 Å². The predicted molar refractivity (Wildman–Crippen MR) is 75.7 cm³/mol. The van der Waals surface area contributed by atoms with Crippen molar-refractivity contribution >= 4 is 22.7 Å². The number of nitro groups is 1. The highest BCUT2D eigenvalue weighted by Crippen LogP contribution is 2.29. The minimum atomic E-state index is -0.448. The number of thiazole rings is 1. The van der Waals surface area contributed by atoms with Crippen LogP contribution in [0.5, 0.6) is 0 Å². The van der Waals surface area contributed by atoms with E-state index in [2.05, 4.69) is 10.1 Å². The van der Waals surface area contributed by atoms with E-state index in [-0.39, 0.29) is 5.69 Å². The Morgan fingerprint density at radius 3 is 2.85 bits per heavy atom. The summed E-state index contributed by atoms with van der Waals surface area (Å²) in [7, 11) is 0. The Labute approximate surface area is 117 Å². The lowest BCUT2D eigenvalue weighted by Crippen LogP contribution is -2.00. The molecule has 1 aromatic carbocycles. The van der Waals surface area contributed by atoms with Crippen molar-refractivity contribution in [1.82, 2.24) is 14.8 Å². The van der Waals surface area contributed by atoms with Gasteiger partial charge in [0, 0.05) is 17.6 Å². The van der Waals surface area contributed by atoms with Crippen LogP contribution in [-0.4, -0.2) is 19.7 Å². The molecule has 0 radical (unpaired) electrons. The number of anilines is 1. The second kappa shape index (κ2) is 4.74. The van der Waals surface area contributed by atoms with E-state index in [4.69, 9.17) is 5.73 Å². The maximum Gasteiger partial charge on any atom is 0.294 e. The largest absolute Gasteiger partial charge is 0.396 e. The van der Waals surface area contributed by atoms with Gasteiger partial charge in [-0.3, -0.25) is 10.1 Å². The fourth-order valence-corrected chi connectivity index (χ4v) is 2.47. The molecular formula is C12H9N5O2S. The first-order valence-electron chi connectivity index (χ1n) is 5.65. The summed E-state index contributed by atoms with van der Waals surface area (Å²) in [6, 6.07) is 6.37. The molecule has 0 spiro atoms. The molecule has 8 heteroatoms. The molecular weight excluding hydrogens is 278 g/mol. The summed E-state index contributed by atoms with van der Waals surface area (Å²) in [5.41, 5.74) is 7.20. The molecule has 0 unspecified atom stereocenters. The predicted octanol–water partition coefficient (Wildman–Crippen LogP) is 2.49. The molecule has 0 saturated heterocycles. The molecule has 0 fully saturated rings. The molecule has 0 bridgehead atoms. The van der Waals surface area contributed by atoms with Crippen LogP contribution in [0.25, 0.3) is 16.4 Å². The number of aromatic nitrogens is 3. The molecule has 0 aliphatic carbocycles. The van der Waals surface area contributed by atoms with Gasteiger partial charge in [-0.25, -0.2) is 9.67 Å². The highest BCUT2D eigenvalue weighted by molar-refractivity contribution is 7.13. The van der Waals surface area contributed by atoms with E-state index in [0.717, 1.165) is 0 Å². The van der Waals surface area contributed by atoms with Crippen LogP contribution in [0.4, 0.5) is 11.4 Å². The number of nitrogens with two attached hydrogens (primary N) is 1. The van der Waals surface area contributed by atoms with Gasteiger partial charge in [0.05, 0.1) is 16.8 Å². The summed E-state index contributed by atoms with van der Waals surface area (Å²) < 4.78 is 1.41. The summed E-state index contributed by atoms with van der Waals surface area (Å²) >= 11 is 1.41. The molecule has 2 N–H and O–H groups in total. The molecule has 2 heterocycles. The van der Waals surface area contributed by atoms with Gasteiger partial charge in [0.2, 0.25) is 0 Å². The SMILES string of the molecule is Nc1cn(-c2ccccc2[N+](=O)[O-])nc1-c1nccs1. The van der Waals surface area contributed by atoms with Crippen molar-refractivity contribution < 1.29 is 4.92 Å². The van der Waals surface area contributed by atoms with Gasteiger partial charge in [0.25, 0.3) is 5.69 Å². The van der Waals surface area contributed by atoms with Gasteiger partial charge in [-0.2, -0.15) is 5.10 Å². The first-order chi connectivity index (χ1) is 9.66. The quantitative estimate of drug-likeness (QED) is 0.589. The van der Waals surface area contributed by atoms with Crippen LogP contribution < -0.4 is 5.73 Å². The first kappa shape index (κ1) is 12.3. The highest BCUT2D eigenvalue weighted by Gasteiger charge is 2.18. The molecule has 7 nitrogen and oxygen atoms in total. The van der Waals surface area contributed by atoms with Crippen LogP contribution in [0, 0.1) is 10.1 Å². The van der Waals surface area contributed by atoms with Crippen LogP contribution in [0.2, 0.25) is 0 Å². The Kier molecular flexibility index (Phi) is 2.92. The highest BCUT2D eigenvalue weighted by atomic mass is 32.1. The summed E-state index contributed by atoms with van der Waals surface area (Å²) in [4.78, 5) is 14.7. The average molecular weight is 287 g/mol. The normalized spacial score (nSPS) is 10.6. The number of nitro benzene ring substituents is 1. The second-order valence-corrected chi connectivity index (χ2v) is 4.86. The third-order valence-corrected chi connectivity index (χ3v) is 3.48. The van der Waals surface area contributed by atoms with Crippen molar-refractivity contribution in [2.24, 2.45) is 0 Å². The average Bonchev–Trinajstić information content (AvgIpc) is 3.07. The Bertz CT molecular complexity index is 766. The Balaban J connectivity index is 2.13. The molecule has 0 atom stereocenters. The zero-order chi connectivity index (χ0) is 14.1. The molecule has 0 aliphatic heterocycles. The van der Waals surface area contributed by atoms with Gasteiger partial charge >= 0.3 is 0 Å². The van der Waals surface area contributed by atoms with Gasteiger partial charge in [0.15, 0.2) is 0 Å². The van der Waals surface area contributed by atoms with Crippen molar-refractivity contribution in [2.75, 3.05) is 5.73 Å². The van der Waals surface area contributed by atoms with Crippen molar-refractivity contribution in [3.05, 3.63) is 52.2 Å². The minimum Gasteiger partial charge on any atom is -0.396 e. The number of hydrogen-bond donors (Lipinski definition) is 1. The smallest absolute Gasteiger partial charge is 0.294 e. The Morgan fingerprint density at radius 2 is 2.15 bits per heavy atom. The number of nitrogen functional groups attached to an aromatic ring is 1. The molecule has 100 valence electrons. The number of rotatable bonds is 3. The summed E-state index contributed by atoms with van der Waals surface area (Å²) in [6.07, 6.45) is 3.21. The van der Waals surface area contributed by atoms with Gasteiger partial charge in [-0.1, -0.05) is 12.1 Å². The van der Waals surface area contributed by atoms with E-state index in [9.17, 15) is 10.1 Å². The first-order valence-corrected chi connectivity index (χ1v) is 6.53. The van der Waals surface area contributed by atoms with Crippen LogP contribution in [0.15, 0.2) is 42.0 Å². The van der Waals surface area contributed by atoms with Gasteiger partial charge in [-0.15, -0.1) is 11.3 Å². The molecule has 2 aromatic heterocycles. The lowest BCUT2D eigenvalue weighted by molar-refractivity contribution is -0.384. The van der Waals surface area contributed by atoms with Crippen molar-refractivity contribution in [3.8, 4) is 16.4 Å². The van der Waals surface area contributed by atoms with Gasteiger partial charge in [-0.05, 0) is 6.07 Å².